The van der Waals surface area contributed by atoms with E-state index >= 15 is 0 Å². The largest absolute Gasteiger partial charge is 0.399 e. The Hall–Kier alpha value is -2.09. The second kappa shape index (κ2) is 8.73. The fourth-order valence-corrected chi connectivity index (χ4v) is 3.42. The zero-order valence-corrected chi connectivity index (χ0v) is 17.1. The van der Waals surface area contributed by atoms with Crippen LogP contribution < -0.4 is 10.6 Å². The number of nitrogens with two attached hydrogens (primary N) is 1. The van der Waals surface area contributed by atoms with Gasteiger partial charge in [-0.1, -0.05) is 12.1 Å². The maximum Gasteiger partial charge on any atom is 0.163 e. The van der Waals surface area contributed by atoms with Crippen LogP contribution in [0, 0.1) is 6.92 Å². The summed E-state index contributed by atoms with van der Waals surface area (Å²) in [5.41, 5.74) is 8.87. The van der Waals surface area contributed by atoms with Crippen molar-refractivity contribution in [3.63, 3.8) is 0 Å². The highest BCUT2D eigenvalue weighted by molar-refractivity contribution is 5.87. The summed E-state index contributed by atoms with van der Waals surface area (Å²) in [4.78, 5) is 14.0. The van der Waals surface area contributed by atoms with E-state index in [1.165, 1.54) is 5.56 Å². The molecule has 1 aliphatic heterocycles. The molecular formula is C18H25Cl2N7. The molecule has 0 aliphatic carbocycles. The fraction of sp³-hybridized carbons (Fsp3) is 0.389. The first-order valence-corrected chi connectivity index (χ1v) is 8.58. The fourth-order valence-electron chi connectivity index (χ4n) is 3.42. The topological polar surface area (TPSA) is 76.1 Å². The molecule has 2 N–H and O–H groups in total. The lowest BCUT2D eigenvalue weighted by Crippen LogP contribution is -2.46. The third-order valence-corrected chi connectivity index (χ3v) is 4.71. The van der Waals surface area contributed by atoms with Gasteiger partial charge >= 0.3 is 0 Å². The summed E-state index contributed by atoms with van der Waals surface area (Å²) < 4.78 is 1.81. The molecule has 0 spiro atoms. The van der Waals surface area contributed by atoms with Crippen molar-refractivity contribution < 1.29 is 0 Å². The third kappa shape index (κ3) is 4.43. The first-order valence-electron chi connectivity index (χ1n) is 8.58. The quantitative estimate of drug-likeness (QED) is 0.669. The van der Waals surface area contributed by atoms with Crippen molar-refractivity contribution in [3.8, 4) is 0 Å². The number of nitrogens with zero attached hydrogens (tertiary/aromatic N) is 6. The molecule has 1 saturated heterocycles. The maximum absolute atomic E-state index is 5.88. The molecule has 0 bridgehead atoms. The molecule has 2 aromatic heterocycles. The minimum Gasteiger partial charge on any atom is -0.399 e. The van der Waals surface area contributed by atoms with Gasteiger partial charge < -0.3 is 10.6 Å². The van der Waals surface area contributed by atoms with Crippen LogP contribution in [0.5, 0.6) is 0 Å². The number of piperazine rings is 1. The molecule has 27 heavy (non-hydrogen) atoms. The predicted octanol–water partition coefficient (Wildman–Crippen LogP) is 2.42. The van der Waals surface area contributed by atoms with E-state index in [0.29, 0.717) is 0 Å². The number of aryl methyl sites for hydroxylation is 2. The van der Waals surface area contributed by atoms with Gasteiger partial charge in [-0.2, -0.15) is 5.10 Å². The van der Waals surface area contributed by atoms with Crippen molar-refractivity contribution in [2.24, 2.45) is 7.05 Å². The van der Waals surface area contributed by atoms with Crippen LogP contribution in [0.3, 0.4) is 0 Å². The minimum absolute atomic E-state index is 0. The molecule has 1 fully saturated rings. The highest BCUT2D eigenvalue weighted by Gasteiger charge is 2.21. The number of fused-ring (bicyclic) bond motifs is 1. The summed E-state index contributed by atoms with van der Waals surface area (Å²) in [6.45, 7) is 6.76. The lowest BCUT2D eigenvalue weighted by Gasteiger charge is -2.35. The van der Waals surface area contributed by atoms with E-state index in [-0.39, 0.29) is 24.8 Å². The van der Waals surface area contributed by atoms with Crippen LogP contribution in [0.1, 0.15) is 11.4 Å². The average molecular weight is 410 g/mol. The molecule has 0 atom stereocenters. The predicted molar refractivity (Wildman–Crippen MR) is 114 cm³/mol. The Balaban J connectivity index is 0.00000131. The molecule has 0 amide bonds. The number of benzene rings is 1. The van der Waals surface area contributed by atoms with Gasteiger partial charge in [0, 0.05) is 45.5 Å². The Morgan fingerprint density at radius 1 is 1.07 bits per heavy atom. The molecule has 9 heteroatoms. The van der Waals surface area contributed by atoms with Crippen molar-refractivity contribution in [3.05, 3.63) is 41.9 Å². The van der Waals surface area contributed by atoms with E-state index in [9.17, 15) is 0 Å². The highest BCUT2D eigenvalue weighted by atomic mass is 35.5. The summed E-state index contributed by atoms with van der Waals surface area (Å²) in [6, 6.07) is 8.14. The summed E-state index contributed by atoms with van der Waals surface area (Å²) in [5.74, 6) is 1.78. The van der Waals surface area contributed by atoms with E-state index in [0.717, 1.165) is 61.1 Å². The van der Waals surface area contributed by atoms with E-state index < -0.39 is 0 Å². The third-order valence-electron chi connectivity index (χ3n) is 4.71. The summed E-state index contributed by atoms with van der Waals surface area (Å²) >= 11 is 0. The SMILES string of the molecule is Cc1nc(N2CCN(Cc3cccc(N)c3)CC2)c2cnn(C)c2n1.Cl.Cl. The molecule has 0 unspecified atom stereocenters. The van der Waals surface area contributed by atoms with Crippen LogP contribution in [0.25, 0.3) is 11.0 Å². The Morgan fingerprint density at radius 3 is 2.52 bits per heavy atom. The number of anilines is 2. The van der Waals surface area contributed by atoms with Gasteiger partial charge in [0.05, 0.1) is 11.6 Å². The molecule has 7 nitrogen and oxygen atoms in total. The molecule has 1 aliphatic rings. The van der Waals surface area contributed by atoms with Gasteiger partial charge in [-0.05, 0) is 24.6 Å². The summed E-state index contributed by atoms with van der Waals surface area (Å²) in [7, 11) is 1.92. The van der Waals surface area contributed by atoms with Gasteiger partial charge in [0.25, 0.3) is 0 Å². The lowest BCUT2D eigenvalue weighted by atomic mass is 10.1. The van der Waals surface area contributed by atoms with Crippen LogP contribution in [0.4, 0.5) is 11.5 Å². The second-order valence-corrected chi connectivity index (χ2v) is 6.61. The molecular weight excluding hydrogens is 385 g/mol. The Bertz CT molecular complexity index is 904. The van der Waals surface area contributed by atoms with Gasteiger partial charge in [0.15, 0.2) is 5.65 Å². The highest BCUT2D eigenvalue weighted by Crippen LogP contribution is 2.24. The van der Waals surface area contributed by atoms with Gasteiger partial charge in [-0.15, -0.1) is 24.8 Å². The second-order valence-electron chi connectivity index (χ2n) is 6.61. The Morgan fingerprint density at radius 2 is 1.81 bits per heavy atom. The monoisotopic (exact) mass is 409 g/mol. The number of rotatable bonds is 3. The van der Waals surface area contributed by atoms with Crippen molar-refractivity contribution in [1.29, 1.82) is 0 Å². The smallest absolute Gasteiger partial charge is 0.163 e. The van der Waals surface area contributed by atoms with Gasteiger partial charge in [-0.3, -0.25) is 9.58 Å². The molecule has 3 heterocycles. The standard InChI is InChI=1S/C18H23N7.2ClH/c1-13-21-17-16(11-20-23(17)2)18(22-13)25-8-6-24(7-9-25)12-14-4-3-5-15(19)10-14;;/h3-5,10-11H,6-9,12,19H2,1-2H3;2*1H. The number of hydrogen-bond acceptors (Lipinski definition) is 6. The van der Waals surface area contributed by atoms with Crippen LogP contribution in [-0.2, 0) is 13.6 Å². The summed E-state index contributed by atoms with van der Waals surface area (Å²) in [6.07, 6.45) is 1.86. The van der Waals surface area contributed by atoms with Crippen LogP contribution in [0.2, 0.25) is 0 Å². The molecule has 4 rings (SSSR count). The van der Waals surface area contributed by atoms with Crippen molar-refractivity contribution in [2.45, 2.75) is 13.5 Å². The van der Waals surface area contributed by atoms with Crippen LogP contribution in [0.15, 0.2) is 30.5 Å². The molecule has 0 saturated carbocycles. The number of hydrogen-bond donors (Lipinski definition) is 1. The molecule has 0 radical (unpaired) electrons. The van der Waals surface area contributed by atoms with E-state index in [2.05, 4.69) is 37.0 Å². The first-order chi connectivity index (χ1) is 12.1. The van der Waals surface area contributed by atoms with Gasteiger partial charge in [0.1, 0.15) is 11.6 Å². The van der Waals surface area contributed by atoms with Gasteiger partial charge in [-0.25, -0.2) is 9.97 Å². The number of aromatic nitrogens is 4. The summed E-state index contributed by atoms with van der Waals surface area (Å²) in [5, 5.41) is 5.36. The normalized spacial score (nSPS) is 14.7. The van der Waals surface area contributed by atoms with E-state index in [1.807, 2.05) is 37.0 Å². The number of nitrogen functional groups attached to an aromatic ring is 1. The minimum atomic E-state index is 0. The van der Waals surface area contributed by atoms with Gasteiger partial charge in [0.2, 0.25) is 0 Å². The lowest BCUT2D eigenvalue weighted by molar-refractivity contribution is 0.249. The molecule has 1 aromatic carbocycles. The van der Waals surface area contributed by atoms with Crippen molar-refractivity contribution in [1.82, 2.24) is 24.6 Å². The molecule has 146 valence electrons. The Kier molecular flexibility index (Phi) is 6.86. The van der Waals surface area contributed by atoms with Crippen LogP contribution >= 0.6 is 24.8 Å². The zero-order chi connectivity index (χ0) is 17.4. The van der Waals surface area contributed by atoms with E-state index in [1.54, 1.807) is 0 Å². The van der Waals surface area contributed by atoms with Crippen molar-refractivity contribution >= 4 is 47.4 Å². The van der Waals surface area contributed by atoms with E-state index in [4.69, 9.17) is 5.73 Å². The molecule has 3 aromatic rings. The van der Waals surface area contributed by atoms with Crippen LogP contribution in [-0.4, -0.2) is 50.8 Å². The number of halogens is 2. The Labute approximate surface area is 171 Å². The maximum atomic E-state index is 5.88. The zero-order valence-electron chi connectivity index (χ0n) is 15.5. The average Bonchev–Trinajstić information content (AvgIpc) is 2.96. The van der Waals surface area contributed by atoms with Crippen molar-refractivity contribution in [2.75, 3.05) is 36.8 Å². The first kappa shape index (κ1) is 21.2.